The van der Waals surface area contributed by atoms with E-state index in [1.807, 2.05) is 12.1 Å². The molecule has 0 saturated heterocycles. The summed E-state index contributed by atoms with van der Waals surface area (Å²) in [6, 6.07) is 14.3. The Morgan fingerprint density at radius 3 is 2.31 bits per heavy atom. The molecule has 2 aromatic rings. The molecule has 16 heavy (non-hydrogen) atoms. The first-order chi connectivity index (χ1) is 7.70. The van der Waals surface area contributed by atoms with E-state index in [1.165, 1.54) is 16.7 Å². The molecule has 0 radical (unpaired) electrons. The summed E-state index contributed by atoms with van der Waals surface area (Å²) in [5.74, 6) is 0. The highest BCUT2D eigenvalue weighted by Crippen LogP contribution is 2.26. The molecule has 0 aromatic heterocycles. The second-order valence-electron chi connectivity index (χ2n) is 3.86. The van der Waals surface area contributed by atoms with E-state index in [0.29, 0.717) is 6.54 Å². The van der Waals surface area contributed by atoms with Gasteiger partial charge in [0.05, 0.1) is 0 Å². The molecule has 0 bridgehead atoms. The van der Waals surface area contributed by atoms with E-state index in [9.17, 15) is 0 Å². The molecule has 2 rings (SSSR count). The standard InChI is InChI=1S/C14H14ClN/c1-10-8-13(15)6-7-14(10)12-4-2-11(9-16)3-5-12/h2-8H,9,16H2,1H3. The van der Waals surface area contributed by atoms with Crippen LogP contribution in [-0.4, -0.2) is 0 Å². The second-order valence-corrected chi connectivity index (χ2v) is 4.30. The first-order valence-electron chi connectivity index (χ1n) is 5.26. The molecule has 0 amide bonds. The summed E-state index contributed by atoms with van der Waals surface area (Å²) in [7, 11) is 0. The van der Waals surface area contributed by atoms with Crippen LogP contribution in [0.25, 0.3) is 11.1 Å². The molecule has 0 fully saturated rings. The number of benzene rings is 2. The lowest BCUT2D eigenvalue weighted by Crippen LogP contribution is -1.95. The fraction of sp³-hybridized carbons (Fsp3) is 0.143. The van der Waals surface area contributed by atoms with Crippen molar-refractivity contribution in [3.05, 3.63) is 58.6 Å². The molecule has 2 aromatic carbocycles. The van der Waals surface area contributed by atoms with Crippen molar-refractivity contribution < 1.29 is 0 Å². The summed E-state index contributed by atoms with van der Waals surface area (Å²) < 4.78 is 0. The molecule has 1 nitrogen and oxygen atoms in total. The lowest BCUT2D eigenvalue weighted by molar-refractivity contribution is 1.07. The van der Waals surface area contributed by atoms with E-state index in [-0.39, 0.29) is 0 Å². The van der Waals surface area contributed by atoms with Crippen LogP contribution in [0.15, 0.2) is 42.5 Å². The Bertz CT molecular complexity index is 489. The van der Waals surface area contributed by atoms with Gasteiger partial charge >= 0.3 is 0 Å². The minimum Gasteiger partial charge on any atom is -0.326 e. The van der Waals surface area contributed by atoms with E-state index in [0.717, 1.165) is 10.6 Å². The number of hydrogen-bond donors (Lipinski definition) is 1. The smallest absolute Gasteiger partial charge is 0.0409 e. The molecule has 0 heterocycles. The number of rotatable bonds is 2. The van der Waals surface area contributed by atoms with Crippen molar-refractivity contribution in [2.45, 2.75) is 13.5 Å². The predicted molar refractivity (Wildman–Crippen MR) is 69.5 cm³/mol. The maximum Gasteiger partial charge on any atom is 0.0409 e. The third-order valence-corrected chi connectivity index (χ3v) is 2.92. The molecule has 0 aliphatic carbocycles. The first kappa shape index (κ1) is 11.2. The van der Waals surface area contributed by atoms with E-state index in [4.69, 9.17) is 17.3 Å². The fourth-order valence-corrected chi connectivity index (χ4v) is 2.00. The third-order valence-electron chi connectivity index (χ3n) is 2.69. The van der Waals surface area contributed by atoms with Gasteiger partial charge in [0.1, 0.15) is 0 Å². The summed E-state index contributed by atoms with van der Waals surface area (Å²) in [6.07, 6.45) is 0. The molecule has 2 N–H and O–H groups in total. The van der Waals surface area contributed by atoms with Gasteiger partial charge in [0.15, 0.2) is 0 Å². The maximum absolute atomic E-state index is 5.94. The summed E-state index contributed by atoms with van der Waals surface area (Å²) >= 11 is 5.94. The zero-order valence-corrected chi connectivity index (χ0v) is 9.96. The Morgan fingerprint density at radius 1 is 1.06 bits per heavy atom. The van der Waals surface area contributed by atoms with Crippen molar-refractivity contribution in [3.8, 4) is 11.1 Å². The Labute approximate surface area is 101 Å². The Morgan fingerprint density at radius 2 is 1.75 bits per heavy atom. The van der Waals surface area contributed by atoms with Gasteiger partial charge in [-0.3, -0.25) is 0 Å². The summed E-state index contributed by atoms with van der Waals surface area (Å²) in [5.41, 5.74) is 10.3. The average Bonchev–Trinajstić information content (AvgIpc) is 2.29. The largest absolute Gasteiger partial charge is 0.326 e. The van der Waals surface area contributed by atoms with Gasteiger partial charge in [-0.1, -0.05) is 41.9 Å². The maximum atomic E-state index is 5.94. The zero-order valence-electron chi connectivity index (χ0n) is 9.20. The zero-order chi connectivity index (χ0) is 11.5. The molecule has 2 heteroatoms. The molecule has 0 unspecified atom stereocenters. The summed E-state index contributed by atoms with van der Waals surface area (Å²) in [6.45, 7) is 2.65. The van der Waals surface area contributed by atoms with E-state index in [2.05, 4.69) is 37.3 Å². The summed E-state index contributed by atoms with van der Waals surface area (Å²) in [4.78, 5) is 0. The van der Waals surface area contributed by atoms with Gasteiger partial charge in [-0.2, -0.15) is 0 Å². The van der Waals surface area contributed by atoms with Gasteiger partial charge in [-0.25, -0.2) is 0 Å². The SMILES string of the molecule is Cc1cc(Cl)ccc1-c1ccc(CN)cc1. The number of aryl methyl sites for hydroxylation is 1. The Kier molecular flexibility index (Phi) is 3.28. The summed E-state index contributed by atoms with van der Waals surface area (Å²) in [5, 5.41) is 0.778. The van der Waals surface area contributed by atoms with E-state index in [1.54, 1.807) is 0 Å². The van der Waals surface area contributed by atoms with Gasteiger partial charge in [-0.15, -0.1) is 0 Å². The highest BCUT2D eigenvalue weighted by Gasteiger charge is 2.02. The lowest BCUT2D eigenvalue weighted by atomic mass is 10.00. The van der Waals surface area contributed by atoms with Crippen molar-refractivity contribution >= 4 is 11.6 Å². The van der Waals surface area contributed by atoms with Crippen LogP contribution in [0.1, 0.15) is 11.1 Å². The van der Waals surface area contributed by atoms with Crippen molar-refractivity contribution in [1.82, 2.24) is 0 Å². The van der Waals surface area contributed by atoms with Crippen LogP contribution in [0.2, 0.25) is 5.02 Å². The van der Waals surface area contributed by atoms with Gasteiger partial charge in [0, 0.05) is 11.6 Å². The minimum atomic E-state index is 0.583. The van der Waals surface area contributed by atoms with Gasteiger partial charge in [0.25, 0.3) is 0 Å². The van der Waals surface area contributed by atoms with Crippen LogP contribution < -0.4 is 5.73 Å². The molecular weight excluding hydrogens is 218 g/mol. The van der Waals surface area contributed by atoms with Crippen LogP contribution in [0.3, 0.4) is 0 Å². The van der Waals surface area contributed by atoms with Crippen LogP contribution in [0.4, 0.5) is 0 Å². The van der Waals surface area contributed by atoms with Crippen LogP contribution >= 0.6 is 11.6 Å². The highest BCUT2D eigenvalue weighted by atomic mass is 35.5. The van der Waals surface area contributed by atoms with Crippen molar-refractivity contribution in [1.29, 1.82) is 0 Å². The van der Waals surface area contributed by atoms with Crippen molar-refractivity contribution in [2.24, 2.45) is 5.73 Å². The van der Waals surface area contributed by atoms with Crippen molar-refractivity contribution in [2.75, 3.05) is 0 Å². The van der Waals surface area contributed by atoms with Crippen LogP contribution in [0.5, 0.6) is 0 Å². The molecular formula is C14H14ClN. The first-order valence-corrected chi connectivity index (χ1v) is 5.64. The molecule has 0 aliphatic rings. The van der Waals surface area contributed by atoms with Gasteiger partial charge in [0.2, 0.25) is 0 Å². The monoisotopic (exact) mass is 231 g/mol. The third kappa shape index (κ3) is 2.26. The minimum absolute atomic E-state index is 0.583. The highest BCUT2D eigenvalue weighted by molar-refractivity contribution is 6.30. The molecule has 0 saturated carbocycles. The van der Waals surface area contributed by atoms with E-state index >= 15 is 0 Å². The van der Waals surface area contributed by atoms with Gasteiger partial charge < -0.3 is 5.73 Å². The molecule has 82 valence electrons. The molecule has 0 spiro atoms. The fourth-order valence-electron chi connectivity index (χ4n) is 1.77. The average molecular weight is 232 g/mol. The number of hydrogen-bond acceptors (Lipinski definition) is 1. The molecule has 0 atom stereocenters. The number of nitrogens with two attached hydrogens (primary N) is 1. The predicted octanol–water partition coefficient (Wildman–Crippen LogP) is 3.77. The number of halogens is 1. The van der Waals surface area contributed by atoms with Crippen LogP contribution in [-0.2, 0) is 6.54 Å². The second kappa shape index (κ2) is 4.69. The van der Waals surface area contributed by atoms with E-state index < -0.39 is 0 Å². The topological polar surface area (TPSA) is 26.0 Å². The normalized spacial score (nSPS) is 10.4. The van der Waals surface area contributed by atoms with Gasteiger partial charge in [-0.05, 0) is 41.3 Å². The Hall–Kier alpha value is -1.31. The molecule has 0 aliphatic heterocycles. The quantitative estimate of drug-likeness (QED) is 0.837. The van der Waals surface area contributed by atoms with Crippen molar-refractivity contribution in [3.63, 3.8) is 0 Å². The van der Waals surface area contributed by atoms with Crippen LogP contribution in [0, 0.1) is 6.92 Å². The Balaban J connectivity index is 2.42. The lowest BCUT2D eigenvalue weighted by Gasteiger charge is -2.07.